The van der Waals surface area contributed by atoms with E-state index in [9.17, 15) is 0 Å². The molecule has 10 aromatic rings. The largest absolute Gasteiger partial charge is 0.455 e. The molecule has 0 aliphatic heterocycles. The van der Waals surface area contributed by atoms with Crippen LogP contribution in [0.25, 0.3) is 71.0 Å². The molecule has 8 aromatic carbocycles. The third-order valence-electron chi connectivity index (χ3n) is 10.2. The lowest BCUT2D eigenvalue weighted by Gasteiger charge is -2.11. The summed E-state index contributed by atoms with van der Waals surface area (Å²) in [5.41, 5.74) is 7.61. The predicted octanol–water partition coefficient (Wildman–Crippen LogP) is 12.1. The molecule has 0 amide bonds. The fourth-order valence-electron chi connectivity index (χ4n) is 7.80. The molecule has 0 bridgehead atoms. The molecule has 0 unspecified atom stereocenters. The molecule has 0 N–H and O–H groups in total. The molecule has 2 heterocycles. The van der Waals surface area contributed by atoms with E-state index in [0.717, 1.165) is 49.8 Å². The first-order valence-corrected chi connectivity index (χ1v) is 17.7. The van der Waals surface area contributed by atoms with Crippen LogP contribution in [0.2, 0.25) is 0 Å². The van der Waals surface area contributed by atoms with Gasteiger partial charge in [-0.2, -0.15) is 0 Å². The highest BCUT2D eigenvalue weighted by atomic mass is 16.3. The maximum Gasteiger partial charge on any atom is 0.161 e. The minimum absolute atomic E-state index is 0.448. The molecule has 0 radical (unpaired) electrons. The Hall–Kier alpha value is -7.11. The van der Waals surface area contributed by atoms with Crippen molar-refractivity contribution < 1.29 is 4.42 Å². The minimum Gasteiger partial charge on any atom is -0.455 e. The van der Waals surface area contributed by atoms with Crippen LogP contribution in [-0.2, 0) is 6.54 Å². The Bertz CT molecular complexity index is 3100. The Labute approximate surface area is 305 Å². The summed E-state index contributed by atoms with van der Waals surface area (Å²) < 4.78 is 9.28. The highest BCUT2D eigenvalue weighted by Crippen LogP contribution is 2.43. The lowest BCUT2D eigenvalue weighted by Crippen LogP contribution is -2.06. The van der Waals surface area contributed by atoms with Crippen molar-refractivity contribution in [2.24, 2.45) is 15.0 Å². The van der Waals surface area contributed by atoms with Gasteiger partial charge >= 0.3 is 0 Å². The van der Waals surface area contributed by atoms with Gasteiger partial charge in [0.05, 0.1) is 34.2 Å². The highest BCUT2D eigenvalue weighted by Gasteiger charge is 2.22. The van der Waals surface area contributed by atoms with Crippen molar-refractivity contribution in [2.45, 2.75) is 6.54 Å². The number of aromatic nitrogens is 1. The van der Waals surface area contributed by atoms with Gasteiger partial charge in [0.1, 0.15) is 11.2 Å². The van der Waals surface area contributed by atoms with Crippen LogP contribution in [0.15, 0.2) is 189 Å². The number of para-hydroxylation sites is 1. The van der Waals surface area contributed by atoms with Crippen molar-refractivity contribution in [2.75, 3.05) is 0 Å². The quantitative estimate of drug-likeness (QED) is 0.132. The highest BCUT2D eigenvalue weighted by molar-refractivity contribution is 6.27. The zero-order valence-corrected chi connectivity index (χ0v) is 28.8. The molecular formula is C48H32N4O. The van der Waals surface area contributed by atoms with Gasteiger partial charge in [-0.25, -0.2) is 9.98 Å². The van der Waals surface area contributed by atoms with Gasteiger partial charge in [0.25, 0.3) is 0 Å². The number of nitrogens with zero attached hydrogens (tertiary/aromatic N) is 4. The van der Waals surface area contributed by atoms with Gasteiger partial charge in [-0.1, -0.05) is 146 Å². The Morgan fingerprint density at radius 1 is 0.547 bits per heavy atom. The third-order valence-corrected chi connectivity index (χ3v) is 10.2. The SMILES string of the molecule is C=N/C(=N\C(=N/Cc1ccccc1)c1cccc2c1oc1cccc(-n3c4ccc5ccccc5c4c4ccc5ccccc5c43)c12)c1ccccc1. The molecule has 5 nitrogen and oxygen atoms in total. The van der Waals surface area contributed by atoms with Gasteiger partial charge in [0.15, 0.2) is 11.7 Å². The molecule has 250 valence electrons. The van der Waals surface area contributed by atoms with Gasteiger partial charge in [-0.05, 0) is 52.7 Å². The minimum atomic E-state index is 0.448. The lowest BCUT2D eigenvalue weighted by atomic mass is 10.0. The Morgan fingerprint density at radius 3 is 2.04 bits per heavy atom. The molecule has 0 spiro atoms. The molecule has 5 heteroatoms. The lowest BCUT2D eigenvalue weighted by molar-refractivity contribution is 0.668. The molecule has 0 fully saturated rings. The number of furan rings is 1. The zero-order valence-electron chi connectivity index (χ0n) is 28.8. The Morgan fingerprint density at radius 2 is 1.23 bits per heavy atom. The van der Waals surface area contributed by atoms with E-state index in [1.807, 2.05) is 54.6 Å². The van der Waals surface area contributed by atoms with E-state index in [4.69, 9.17) is 14.4 Å². The zero-order chi connectivity index (χ0) is 35.3. The second kappa shape index (κ2) is 12.6. The van der Waals surface area contributed by atoms with Gasteiger partial charge in [-0.15, -0.1) is 0 Å². The third kappa shape index (κ3) is 5.05. The van der Waals surface area contributed by atoms with Gasteiger partial charge < -0.3 is 8.98 Å². The summed E-state index contributed by atoms with van der Waals surface area (Å²) in [5, 5.41) is 9.32. The number of benzene rings is 8. The first kappa shape index (κ1) is 30.7. The van der Waals surface area contributed by atoms with Crippen LogP contribution in [0.4, 0.5) is 0 Å². The van der Waals surface area contributed by atoms with Crippen LogP contribution in [0.3, 0.4) is 0 Å². The normalized spacial score (nSPS) is 12.5. The van der Waals surface area contributed by atoms with E-state index in [1.54, 1.807) is 0 Å². The summed E-state index contributed by atoms with van der Waals surface area (Å²) in [7, 11) is 0. The van der Waals surface area contributed by atoms with Gasteiger partial charge in [0, 0.05) is 27.1 Å². The van der Waals surface area contributed by atoms with Crippen molar-refractivity contribution in [3.63, 3.8) is 0 Å². The van der Waals surface area contributed by atoms with Gasteiger partial charge in [-0.3, -0.25) is 4.99 Å². The average Bonchev–Trinajstić information content (AvgIpc) is 3.78. The molecule has 0 aliphatic carbocycles. The van der Waals surface area contributed by atoms with Crippen molar-refractivity contribution in [1.82, 2.24) is 4.57 Å². The second-order valence-electron chi connectivity index (χ2n) is 13.2. The standard InChI is InChI=1S/C48H32N4O/c1-49-47(34-18-6-3-7-19-34)51-48(50-30-31-14-4-2-5-15-31)39-23-12-22-38-44-40(24-13-25-42(44)53-46(38)39)52-41-29-27-32-16-8-10-20-35(32)43(41)37-28-26-33-17-9-11-21-36(33)45(37)52/h2-29H,1,30H2/b50-48-,51-47-. The van der Waals surface area contributed by atoms with Crippen LogP contribution < -0.4 is 0 Å². The van der Waals surface area contributed by atoms with Crippen LogP contribution >= 0.6 is 0 Å². The van der Waals surface area contributed by atoms with Crippen LogP contribution in [-0.4, -0.2) is 23.0 Å². The number of amidine groups is 2. The maximum atomic E-state index is 6.85. The first-order valence-electron chi connectivity index (χ1n) is 17.7. The fourth-order valence-corrected chi connectivity index (χ4v) is 7.80. The van der Waals surface area contributed by atoms with Gasteiger partial charge in [0.2, 0.25) is 0 Å². The average molecular weight is 681 g/mol. The smallest absolute Gasteiger partial charge is 0.161 e. The molecule has 0 saturated carbocycles. The Kier molecular flexibility index (Phi) is 7.29. The van der Waals surface area contributed by atoms with Crippen molar-refractivity contribution in [3.8, 4) is 5.69 Å². The molecule has 53 heavy (non-hydrogen) atoms. The predicted molar refractivity (Wildman–Crippen MR) is 222 cm³/mol. The van der Waals surface area contributed by atoms with Crippen LogP contribution in [0.1, 0.15) is 16.7 Å². The second-order valence-corrected chi connectivity index (χ2v) is 13.2. The van der Waals surface area contributed by atoms with E-state index >= 15 is 0 Å². The summed E-state index contributed by atoms with van der Waals surface area (Å²) in [5.74, 6) is 1.02. The van der Waals surface area contributed by atoms with E-state index in [1.165, 1.54) is 37.8 Å². The number of rotatable bonds is 5. The number of aliphatic imine (C=N–C) groups is 3. The summed E-state index contributed by atoms with van der Waals surface area (Å²) in [6.07, 6.45) is 0. The molecule has 10 rings (SSSR count). The molecule has 0 saturated heterocycles. The van der Waals surface area contributed by atoms with Crippen molar-refractivity contribution in [1.29, 1.82) is 0 Å². The summed E-state index contributed by atoms with van der Waals surface area (Å²) >= 11 is 0. The monoisotopic (exact) mass is 680 g/mol. The number of hydrogen-bond acceptors (Lipinski definition) is 2. The number of fused-ring (bicyclic) bond motifs is 10. The van der Waals surface area contributed by atoms with Crippen LogP contribution in [0, 0.1) is 0 Å². The topological polar surface area (TPSA) is 55.1 Å². The van der Waals surface area contributed by atoms with Crippen LogP contribution in [0.5, 0.6) is 0 Å². The molecule has 2 aromatic heterocycles. The van der Waals surface area contributed by atoms with Crippen molar-refractivity contribution >= 4 is 83.7 Å². The van der Waals surface area contributed by atoms with E-state index in [0.29, 0.717) is 18.2 Å². The molecule has 0 aliphatic rings. The summed E-state index contributed by atoms with van der Waals surface area (Å²) in [4.78, 5) is 14.5. The number of hydrogen-bond donors (Lipinski definition) is 0. The van der Waals surface area contributed by atoms with E-state index < -0.39 is 0 Å². The molecular weight excluding hydrogens is 649 g/mol. The first-order chi connectivity index (χ1) is 26.3. The van der Waals surface area contributed by atoms with E-state index in [2.05, 4.69) is 132 Å². The van der Waals surface area contributed by atoms with E-state index in [-0.39, 0.29) is 0 Å². The maximum absolute atomic E-state index is 6.85. The summed E-state index contributed by atoms with van der Waals surface area (Å²) in [6.45, 7) is 4.32. The molecule has 0 atom stereocenters. The van der Waals surface area contributed by atoms with Crippen molar-refractivity contribution in [3.05, 3.63) is 187 Å². The Balaban J connectivity index is 1.26. The summed E-state index contributed by atoms with van der Waals surface area (Å²) in [6, 6.07) is 59.0. The fraction of sp³-hybridized carbons (Fsp3) is 0.0208.